The second kappa shape index (κ2) is 10.4. The van der Waals surface area contributed by atoms with Crippen LogP contribution in [0.1, 0.15) is 36.5 Å². The molecular weight excluding hydrogens is 396 g/mol. The van der Waals surface area contributed by atoms with E-state index >= 15 is 0 Å². The highest BCUT2D eigenvalue weighted by atomic mass is 16.2. The maximum Gasteiger partial charge on any atom is 0.234 e. The van der Waals surface area contributed by atoms with Gasteiger partial charge in [-0.2, -0.15) is 5.10 Å². The molecule has 1 aromatic heterocycles. The minimum absolute atomic E-state index is 0.106. The van der Waals surface area contributed by atoms with Gasteiger partial charge >= 0.3 is 0 Å². The maximum absolute atomic E-state index is 12.5. The van der Waals surface area contributed by atoms with Crippen LogP contribution in [0.4, 0.5) is 0 Å². The van der Waals surface area contributed by atoms with Gasteiger partial charge in [-0.15, -0.1) is 0 Å². The third kappa shape index (κ3) is 5.95. The van der Waals surface area contributed by atoms with Crippen molar-refractivity contribution in [2.24, 2.45) is 0 Å². The van der Waals surface area contributed by atoms with Crippen molar-refractivity contribution < 1.29 is 4.79 Å². The minimum Gasteiger partial charge on any atom is -0.353 e. The molecule has 1 atom stereocenters. The second-order valence-electron chi connectivity index (χ2n) is 8.72. The topological polar surface area (TPSA) is 50.2 Å². The lowest BCUT2D eigenvalue weighted by molar-refractivity contribution is -0.122. The Morgan fingerprint density at radius 3 is 2.62 bits per heavy atom. The number of aryl methyl sites for hydroxylation is 2. The molecule has 0 saturated heterocycles. The Morgan fingerprint density at radius 1 is 1.12 bits per heavy atom. The zero-order valence-electron chi connectivity index (χ0n) is 19.0. The fourth-order valence-corrected chi connectivity index (χ4v) is 4.07. The highest BCUT2D eigenvalue weighted by molar-refractivity contribution is 5.78. The molecule has 1 aliphatic heterocycles. The standard InChI is InChI=1S/C27H32N4O/c1-21-8-12-26(13-9-21)31-19-25(18-28-31)24-14-16-30(17-15-24)20-27(32)29-22(2)10-11-23-6-4-3-5-7-23/h3-9,12-14,18-19,22H,10-11,15-17,20H2,1-2H3,(H,29,32). The van der Waals surface area contributed by atoms with Gasteiger partial charge in [-0.25, -0.2) is 4.68 Å². The molecule has 0 radical (unpaired) electrons. The first-order chi connectivity index (χ1) is 15.6. The molecule has 0 saturated carbocycles. The van der Waals surface area contributed by atoms with E-state index in [1.54, 1.807) is 0 Å². The molecule has 4 rings (SSSR count). The van der Waals surface area contributed by atoms with E-state index in [9.17, 15) is 4.79 Å². The molecule has 2 aromatic carbocycles. The van der Waals surface area contributed by atoms with Crippen LogP contribution in [0.15, 0.2) is 73.1 Å². The normalized spacial score (nSPS) is 15.2. The molecule has 5 nitrogen and oxygen atoms in total. The van der Waals surface area contributed by atoms with E-state index in [0.29, 0.717) is 6.54 Å². The molecule has 2 heterocycles. The number of nitrogens with zero attached hydrogens (tertiary/aromatic N) is 3. The Bertz CT molecular complexity index is 1050. The largest absolute Gasteiger partial charge is 0.353 e. The molecule has 5 heteroatoms. The van der Waals surface area contributed by atoms with E-state index in [1.807, 2.05) is 16.9 Å². The number of aromatic nitrogens is 2. The number of carbonyl (C=O) groups excluding carboxylic acids is 1. The predicted octanol–water partition coefficient (Wildman–Crippen LogP) is 4.41. The number of hydrogen-bond acceptors (Lipinski definition) is 3. The van der Waals surface area contributed by atoms with E-state index < -0.39 is 0 Å². The molecule has 3 aromatic rings. The summed E-state index contributed by atoms with van der Waals surface area (Å²) in [4.78, 5) is 14.7. The van der Waals surface area contributed by atoms with Crippen LogP contribution in [0.25, 0.3) is 11.3 Å². The summed E-state index contributed by atoms with van der Waals surface area (Å²) < 4.78 is 1.92. The average Bonchev–Trinajstić information content (AvgIpc) is 3.29. The first-order valence-electron chi connectivity index (χ1n) is 11.4. The van der Waals surface area contributed by atoms with E-state index in [0.717, 1.165) is 43.6 Å². The van der Waals surface area contributed by atoms with Crippen molar-refractivity contribution in [2.45, 2.75) is 39.2 Å². The van der Waals surface area contributed by atoms with Crippen LogP contribution in [-0.2, 0) is 11.2 Å². The van der Waals surface area contributed by atoms with E-state index in [-0.39, 0.29) is 11.9 Å². The number of nitrogens with one attached hydrogen (secondary N) is 1. The summed E-state index contributed by atoms with van der Waals surface area (Å²) in [5.41, 5.74) is 6.08. The summed E-state index contributed by atoms with van der Waals surface area (Å²) in [5, 5.41) is 7.68. The SMILES string of the molecule is Cc1ccc(-n2cc(C3=CCN(CC(=O)NC(C)CCc4ccccc4)CC3)cn2)cc1. The summed E-state index contributed by atoms with van der Waals surface area (Å²) in [6.45, 7) is 6.29. The van der Waals surface area contributed by atoms with Crippen LogP contribution in [0, 0.1) is 6.92 Å². The molecule has 0 fully saturated rings. The Kier molecular flexibility index (Phi) is 7.17. The molecule has 32 heavy (non-hydrogen) atoms. The average molecular weight is 429 g/mol. The van der Waals surface area contributed by atoms with Gasteiger partial charge in [0.15, 0.2) is 0 Å². The zero-order valence-corrected chi connectivity index (χ0v) is 19.0. The highest BCUT2D eigenvalue weighted by Gasteiger charge is 2.17. The molecule has 166 valence electrons. The monoisotopic (exact) mass is 428 g/mol. The highest BCUT2D eigenvalue weighted by Crippen LogP contribution is 2.23. The maximum atomic E-state index is 12.5. The van der Waals surface area contributed by atoms with Crippen molar-refractivity contribution in [2.75, 3.05) is 19.6 Å². The van der Waals surface area contributed by atoms with Gasteiger partial charge in [0.25, 0.3) is 0 Å². The number of hydrogen-bond donors (Lipinski definition) is 1. The fraction of sp³-hybridized carbons (Fsp3) is 0.333. The lowest BCUT2D eigenvalue weighted by Gasteiger charge is -2.26. The van der Waals surface area contributed by atoms with Crippen molar-refractivity contribution in [3.8, 4) is 5.69 Å². The first kappa shape index (κ1) is 22.0. The molecule has 1 N–H and O–H groups in total. The lowest BCUT2D eigenvalue weighted by Crippen LogP contribution is -2.42. The molecule has 1 aliphatic rings. The van der Waals surface area contributed by atoms with Gasteiger partial charge in [0.05, 0.1) is 18.4 Å². The predicted molar refractivity (Wildman–Crippen MR) is 130 cm³/mol. The second-order valence-corrected chi connectivity index (χ2v) is 8.72. The van der Waals surface area contributed by atoms with Gasteiger partial charge in [0.2, 0.25) is 5.91 Å². The Morgan fingerprint density at radius 2 is 1.91 bits per heavy atom. The summed E-state index contributed by atoms with van der Waals surface area (Å²) in [7, 11) is 0. The Balaban J connectivity index is 1.24. The van der Waals surface area contributed by atoms with Crippen molar-refractivity contribution >= 4 is 11.5 Å². The Labute approximate surface area is 190 Å². The Hall–Kier alpha value is -3.18. The molecule has 0 aliphatic carbocycles. The number of benzene rings is 2. The van der Waals surface area contributed by atoms with Gasteiger partial charge < -0.3 is 5.32 Å². The van der Waals surface area contributed by atoms with Gasteiger partial charge in [0, 0.05) is 30.9 Å². The minimum atomic E-state index is 0.106. The van der Waals surface area contributed by atoms with Gasteiger partial charge in [0.1, 0.15) is 0 Å². The van der Waals surface area contributed by atoms with Crippen LogP contribution in [0.5, 0.6) is 0 Å². The first-order valence-corrected chi connectivity index (χ1v) is 11.4. The summed E-state index contributed by atoms with van der Waals surface area (Å²) >= 11 is 0. The molecule has 0 spiro atoms. The van der Waals surface area contributed by atoms with Gasteiger partial charge in [-0.05, 0) is 56.4 Å². The van der Waals surface area contributed by atoms with E-state index in [1.165, 1.54) is 16.7 Å². The third-order valence-corrected chi connectivity index (χ3v) is 6.03. The van der Waals surface area contributed by atoms with Crippen LogP contribution in [-0.4, -0.2) is 46.3 Å². The van der Waals surface area contributed by atoms with E-state index in [2.05, 4.69) is 90.0 Å². The summed E-state index contributed by atoms with van der Waals surface area (Å²) in [6, 6.07) is 19.0. The number of rotatable bonds is 8. The summed E-state index contributed by atoms with van der Waals surface area (Å²) in [5.74, 6) is 0.106. The van der Waals surface area contributed by atoms with Crippen molar-refractivity contribution in [3.05, 3.63) is 89.8 Å². The van der Waals surface area contributed by atoms with Crippen LogP contribution < -0.4 is 5.32 Å². The van der Waals surface area contributed by atoms with Gasteiger partial charge in [-0.1, -0.05) is 54.1 Å². The molecule has 0 bridgehead atoms. The fourth-order valence-electron chi connectivity index (χ4n) is 4.07. The van der Waals surface area contributed by atoms with Crippen molar-refractivity contribution in [3.63, 3.8) is 0 Å². The molecule has 1 unspecified atom stereocenters. The van der Waals surface area contributed by atoms with Crippen LogP contribution in [0.2, 0.25) is 0 Å². The molecule has 1 amide bonds. The third-order valence-electron chi connectivity index (χ3n) is 6.03. The summed E-state index contributed by atoms with van der Waals surface area (Å²) in [6.07, 6.45) is 9.11. The quantitative estimate of drug-likeness (QED) is 0.578. The number of carbonyl (C=O) groups is 1. The molecular formula is C27H32N4O. The lowest BCUT2D eigenvalue weighted by atomic mass is 10.0. The van der Waals surface area contributed by atoms with Crippen LogP contribution >= 0.6 is 0 Å². The van der Waals surface area contributed by atoms with E-state index in [4.69, 9.17) is 0 Å². The smallest absolute Gasteiger partial charge is 0.234 e. The van der Waals surface area contributed by atoms with Crippen molar-refractivity contribution in [1.82, 2.24) is 20.0 Å². The van der Waals surface area contributed by atoms with Gasteiger partial charge in [-0.3, -0.25) is 9.69 Å². The van der Waals surface area contributed by atoms with Crippen molar-refractivity contribution in [1.29, 1.82) is 0 Å². The zero-order chi connectivity index (χ0) is 22.3. The number of amides is 1. The van der Waals surface area contributed by atoms with Crippen LogP contribution in [0.3, 0.4) is 0 Å².